The monoisotopic (exact) mass is 373 g/mol. The van der Waals surface area contributed by atoms with Crippen LogP contribution in [0.25, 0.3) is 5.76 Å². The third kappa shape index (κ3) is 2.87. The number of Topliss-reactive ketones (excluding diaryl/α,β-unsaturated/α-hetero) is 1. The van der Waals surface area contributed by atoms with Gasteiger partial charge in [0, 0.05) is 16.8 Å². The maximum Gasteiger partial charge on any atom is 0.300 e. The van der Waals surface area contributed by atoms with Crippen molar-refractivity contribution in [1.29, 1.82) is 0 Å². The van der Waals surface area contributed by atoms with Gasteiger partial charge in [-0.25, -0.2) is 4.39 Å². The minimum Gasteiger partial charge on any atom is -0.507 e. The topological polar surface area (TPSA) is 57.6 Å². The Kier molecular flexibility index (Phi) is 4.49. The Bertz CT molecular complexity index is 1080. The fraction of sp³-hybridized carbons (Fsp3) is 0.0435. The van der Waals surface area contributed by atoms with Crippen molar-refractivity contribution < 1.29 is 19.1 Å². The molecule has 1 aliphatic heterocycles. The number of aliphatic hydroxyl groups excluding tert-OH is 1. The number of carbonyl (C=O) groups is 2. The Labute approximate surface area is 161 Å². The molecule has 1 aliphatic rings. The second-order valence-corrected chi connectivity index (χ2v) is 6.39. The third-order valence-electron chi connectivity index (χ3n) is 4.73. The number of halogens is 1. The highest BCUT2D eigenvalue weighted by atomic mass is 19.1. The second-order valence-electron chi connectivity index (χ2n) is 6.39. The van der Waals surface area contributed by atoms with Gasteiger partial charge in [-0.2, -0.15) is 0 Å². The van der Waals surface area contributed by atoms with Crippen LogP contribution in [0.3, 0.4) is 0 Å². The molecule has 28 heavy (non-hydrogen) atoms. The zero-order valence-electron chi connectivity index (χ0n) is 14.7. The molecule has 1 heterocycles. The van der Waals surface area contributed by atoms with E-state index in [4.69, 9.17) is 0 Å². The summed E-state index contributed by atoms with van der Waals surface area (Å²) in [6.07, 6.45) is 0. The lowest BCUT2D eigenvalue weighted by molar-refractivity contribution is -0.132. The van der Waals surface area contributed by atoms with Crippen LogP contribution in [0.1, 0.15) is 17.2 Å². The summed E-state index contributed by atoms with van der Waals surface area (Å²) in [5.41, 5.74) is 0.841. The molecule has 0 aliphatic carbocycles. The molecule has 4 nitrogen and oxygen atoms in total. The summed E-state index contributed by atoms with van der Waals surface area (Å²) >= 11 is 0. The summed E-state index contributed by atoms with van der Waals surface area (Å²) in [5.74, 6) is -2.55. The fourth-order valence-corrected chi connectivity index (χ4v) is 3.43. The van der Waals surface area contributed by atoms with Crippen LogP contribution in [0.2, 0.25) is 0 Å². The van der Waals surface area contributed by atoms with Crippen molar-refractivity contribution in [1.82, 2.24) is 0 Å². The number of carbonyl (C=O) groups excluding carboxylic acids is 2. The molecule has 1 N–H and O–H groups in total. The van der Waals surface area contributed by atoms with E-state index in [-0.39, 0.29) is 16.9 Å². The zero-order chi connectivity index (χ0) is 19.7. The Hall–Kier alpha value is -3.73. The second kappa shape index (κ2) is 7.12. The molecule has 1 unspecified atom stereocenters. The highest BCUT2D eigenvalue weighted by Gasteiger charge is 2.47. The minimum atomic E-state index is -1.07. The van der Waals surface area contributed by atoms with Gasteiger partial charge in [0.05, 0.1) is 11.6 Å². The normalized spacial score (nSPS) is 18.5. The van der Waals surface area contributed by atoms with Crippen LogP contribution < -0.4 is 4.90 Å². The van der Waals surface area contributed by atoms with Crippen LogP contribution in [0.4, 0.5) is 10.1 Å². The number of anilines is 1. The predicted molar refractivity (Wildman–Crippen MR) is 104 cm³/mol. The minimum absolute atomic E-state index is 0.134. The molecule has 4 rings (SSSR count). The van der Waals surface area contributed by atoms with Gasteiger partial charge < -0.3 is 5.11 Å². The average molecular weight is 373 g/mol. The van der Waals surface area contributed by atoms with E-state index in [1.807, 2.05) is 0 Å². The zero-order valence-corrected chi connectivity index (χ0v) is 14.7. The first-order valence-electron chi connectivity index (χ1n) is 8.75. The van der Waals surface area contributed by atoms with Crippen LogP contribution >= 0.6 is 0 Å². The molecule has 5 heteroatoms. The number of amides is 1. The number of rotatable bonds is 3. The number of hydrogen-bond acceptors (Lipinski definition) is 3. The number of nitrogens with zero attached hydrogens (tertiary/aromatic N) is 1. The van der Waals surface area contributed by atoms with Crippen LogP contribution in [0.15, 0.2) is 90.5 Å². The van der Waals surface area contributed by atoms with Crippen LogP contribution in [0, 0.1) is 5.82 Å². The van der Waals surface area contributed by atoms with Gasteiger partial charge in [0.15, 0.2) is 0 Å². The maximum atomic E-state index is 14.7. The van der Waals surface area contributed by atoms with Gasteiger partial charge in [0.25, 0.3) is 11.7 Å². The molecule has 3 aromatic carbocycles. The predicted octanol–water partition coefficient (Wildman–Crippen LogP) is 4.45. The Morgan fingerprint density at radius 3 is 2.04 bits per heavy atom. The van der Waals surface area contributed by atoms with Gasteiger partial charge in [-0.3, -0.25) is 14.5 Å². The Balaban J connectivity index is 1.98. The van der Waals surface area contributed by atoms with Crippen molar-refractivity contribution in [3.05, 3.63) is 107 Å². The van der Waals surface area contributed by atoms with Crippen molar-refractivity contribution in [2.24, 2.45) is 0 Å². The Morgan fingerprint density at radius 2 is 1.39 bits per heavy atom. The SMILES string of the molecule is O=C1C(=O)N(c2ccccc2)C(c2ccccc2F)C1=C(O)c1ccccc1. The number of aliphatic hydroxyl groups is 1. The summed E-state index contributed by atoms with van der Waals surface area (Å²) in [5, 5.41) is 10.9. The molecular formula is C23H16FNO3. The van der Waals surface area contributed by atoms with E-state index in [1.165, 1.54) is 23.1 Å². The van der Waals surface area contributed by atoms with Crippen molar-refractivity contribution in [2.45, 2.75) is 6.04 Å². The van der Waals surface area contributed by atoms with E-state index >= 15 is 0 Å². The lowest BCUT2D eigenvalue weighted by Gasteiger charge is -2.25. The summed E-state index contributed by atoms with van der Waals surface area (Å²) in [7, 11) is 0. The number of para-hydroxylation sites is 1. The van der Waals surface area contributed by atoms with E-state index in [9.17, 15) is 19.1 Å². The number of benzene rings is 3. The van der Waals surface area contributed by atoms with E-state index < -0.39 is 23.5 Å². The molecule has 0 radical (unpaired) electrons. The molecule has 0 aromatic heterocycles. The third-order valence-corrected chi connectivity index (χ3v) is 4.73. The van der Waals surface area contributed by atoms with Gasteiger partial charge >= 0.3 is 0 Å². The summed E-state index contributed by atoms with van der Waals surface area (Å²) in [6, 6.07) is 21.9. The molecule has 3 aromatic rings. The Morgan fingerprint density at radius 1 is 0.821 bits per heavy atom. The molecule has 0 saturated carbocycles. The average Bonchev–Trinajstić information content (AvgIpc) is 3.00. The van der Waals surface area contributed by atoms with E-state index in [0.29, 0.717) is 11.3 Å². The summed E-state index contributed by atoms with van der Waals surface area (Å²) < 4.78 is 14.7. The fourth-order valence-electron chi connectivity index (χ4n) is 3.43. The quantitative estimate of drug-likeness (QED) is 0.419. The molecule has 1 amide bonds. The number of ketones is 1. The van der Waals surface area contributed by atoms with Crippen LogP contribution in [-0.4, -0.2) is 16.8 Å². The first-order valence-corrected chi connectivity index (χ1v) is 8.75. The van der Waals surface area contributed by atoms with Crippen molar-refractivity contribution in [3.8, 4) is 0 Å². The molecule has 1 fully saturated rings. The van der Waals surface area contributed by atoms with Crippen LogP contribution in [0.5, 0.6) is 0 Å². The summed E-state index contributed by atoms with van der Waals surface area (Å²) in [4.78, 5) is 27.0. The molecular weight excluding hydrogens is 357 g/mol. The first-order chi connectivity index (χ1) is 13.6. The van der Waals surface area contributed by atoms with E-state index in [1.54, 1.807) is 66.7 Å². The molecule has 1 atom stereocenters. The van der Waals surface area contributed by atoms with E-state index in [0.717, 1.165) is 0 Å². The molecule has 0 spiro atoms. The van der Waals surface area contributed by atoms with Gasteiger partial charge in [-0.15, -0.1) is 0 Å². The van der Waals surface area contributed by atoms with Gasteiger partial charge in [-0.1, -0.05) is 66.7 Å². The highest BCUT2D eigenvalue weighted by molar-refractivity contribution is 6.51. The van der Waals surface area contributed by atoms with Crippen molar-refractivity contribution in [2.75, 3.05) is 4.90 Å². The van der Waals surface area contributed by atoms with Crippen LogP contribution in [-0.2, 0) is 9.59 Å². The van der Waals surface area contributed by atoms with E-state index in [2.05, 4.69) is 0 Å². The van der Waals surface area contributed by atoms with Crippen molar-refractivity contribution in [3.63, 3.8) is 0 Å². The molecule has 0 bridgehead atoms. The van der Waals surface area contributed by atoms with Gasteiger partial charge in [0.2, 0.25) is 0 Å². The lowest BCUT2D eigenvalue weighted by Crippen LogP contribution is -2.29. The molecule has 1 saturated heterocycles. The largest absolute Gasteiger partial charge is 0.507 e. The summed E-state index contributed by atoms with van der Waals surface area (Å²) in [6.45, 7) is 0. The first kappa shape index (κ1) is 17.7. The van der Waals surface area contributed by atoms with Gasteiger partial charge in [0.1, 0.15) is 11.6 Å². The smallest absolute Gasteiger partial charge is 0.300 e. The van der Waals surface area contributed by atoms with Crippen molar-refractivity contribution >= 4 is 23.1 Å². The standard InChI is InChI=1S/C23H16FNO3/c24-18-14-8-7-13-17(18)20-19(21(26)15-9-3-1-4-10-15)22(27)23(28)25(20)16-11-5-2-6-12-16/h1-14,20,26H. The number of hydrogen-bond donors (Lipinski definition) is 1. The van der Waals surface area contributed by atoms with Gasteiger partial charge in [-0.05, 0) is 18.2 Å². The highest BCUT2D eigenvalue weighted by Crippen LogP contribution is 2.42. The maximum absolute atomic E-state index is 14.7. The molecule has 138 valence electrons. The lowest BCUT2D eigenvalue weighted by atomic mass is 9.95.